The minimum absolute atomic E-state index is 0.185. The minimum atomic E-state index is -0.185. The van der Waals surface area contributed by atoms with Crippen LogP contribution in [0.4, 0.5) is 0 Å². The lowest BCUT2D eigenvalue weighted by molar-refractivity contribution is -0.138. The molecule has 122 valence electrons. The van der Waals surface area contributed by atoms with E-state index in [4.69, 9.17) is 5.73 Å². The van der Waals surface area contributed by atoms with E-state index in [-0.39, 0.29) is 18.0 Å². The smallest absolute Gasteiger partial charge is 0.244 e. The lowest BCUT2D eigenvalue weighted by Gasteiger charge is -2.34. The van der Waals surface area contributed by atoms with Crippen LogP contribution in [0.15, 0.2) is 30.3 Å². The zero-order valence-corrected chi connectivity index (χ0v) is 14.0. The van der Waals surface area contributed by atoms with E-state index in [1.54, 1.807) is 0 Å². The number of nitrogens with zero attached hydrogens (tertiary/aromatic N) is 2. The number of carbonyl (C=O) groups excluding carboxylic acids is 1. The summed E-state index contributed by atoms with van der Waals surface area (Å²) >= 11 is 0. The van der Waals surface area contributed by atoms with Gasteiger partial charge < -0.3 is 10.6 Å². The van der Waals surface area contributed by atoms with Gasteiger partial charge >= 0.3 is 0 Å². The van der Waals surface area contributed by atoms with Crippen molar-refractivity contribution in [3.05, 3.63) is 35.9 Å². The molecular formula is C18H29N3O. The Bertz CT molecular complexity index is 472. The lowest BCUT2D eigenvalue weighted by Crippen LogP contribution is -2.44. The Labute approximate surface area is 134 Å². The van der Waals surface area contributed by atoms with E-state index in [0.717, 1.165) is 31.6 Å². The number of hydrogen-bond donors (Lipinski definition) is 1. The molecule has 0 bridgehead atoms. The molecule has 4 heteroatoms. The number of benzene rings is 1. The number of likely N-dealkylation sites (N-methyl/N-ethyl adjacent to an activating group) is 1. The van der Waals surface area contributed by atoms with Gasteiger partial charge in [0, 0.05) is 12.6 Å². The SMILES string of the molecule is CCN(CC)C(C(=O)N1CC(CN)CC1C)c1ccccc1. The Morgan fingerprint density at radius 2 is 1.95 bits per heavy atom. The molecule has 1 aliphatic rings. The van der Waals surface area contributed by atoms with Crippen molar-refractivity contribution in [1.29, 1.82) is 0 Å². The molecule has 0 spiro atoms. The first-order valence-corrected chi connectivity index (χ1v) is 8.41. The number of likely N-dealkylation sites (tertiary alicyclic amines) is 1. The first kappa shape index (κ1) is 17.0. The van der Waals surface area contributed by atoms with Crippen LogP contribution in [-0.2, 0) is 4.79 Å². The highest BCUT2D eigenvalue weighted by Gasteiger charge is 2.37. The Kier molecular flexibility index (Phi) is 5.98. The van der Waals surface area contributed by atoms with Crippen LogP contribution in [0.2, 0.25) is 0 Å². The third kappa shape index (κ3) is 3.50. The minimum Gasteiger partial charge on any atom is -0.338 e. The van der Waals surface area contributed by atoms with Gasteiger partial charge in [-0.25, -0.2) is 0 Å². The number of nitrogens with two attached hydrogens (primary N) is 1. The van der Waals surface area contributed by atoms with E-state index in [9.17, 15) is 4.79 Å². The summed E-state index contributed by atoms with van der Waals surface area (Å²) in [6, 6.07) is 10.2. The summed E-state index contributed by atoms with van der Waals surface area (Å²) in [5, 5.41) is 0. The van der Waals surface area contributed by atoms with Gasteiger partial charge in [-0.1, -0.05) is 44.2 Å². The third-order valence-corrected chi connectivity index (χ3v) is 4.80. The highest BCUT2D eigenvalue weighted by atomic mass is 16.2. The van der Waals surface area contributed by atoms with Gasteiger partial charge in [-0.2, -0.15) is 0 Å². The molecule has 0 saturated carbocycles. The van der Waals surface area contributed by atoms with E-state index >= 15 is 0 Å². The maximum absolute atomic E-state index is 13.2. The van der Waals surface area contributed by atoms with Crippen molar-refractivity contribution >= 4 is 5.91 Å². The summed E-state index contributed by atoms with van der Waals surface area (Å²) in [7, 11) is 0. The molecule has 22 heavy (non-hydrogen) atoms. The fourth-order valence-electron chi connectivity index (χ4n) is 3.51. The maximum Gasteiger partial charge on any atom is 0.244 e. The predicted molar refractivity (Wildman–Crippen MR) is 90.4 cm³/mol. The molecular weight excluding hydrogens is 274 g/mol. The molecule has 1 amide bonds. The summed E-state index contributed by atoms with van der Waals surface area (Å²) in [5.41, 5.74) is 6.89. The Balaban J connectivity index is 2.27. The van der Waals surface area contributed by atoms with E-state index in [0.29, 0.717) is 12.5 Å². The van der Waals surface area contributed by atoms with Crippen LogP contribution in [-0.4, -0.2) is 47.9 Å². The molecule has 1 fully saturated rings. The molecule has 1 saturated heterocycles. The summed E-state index contributed by atoms with van der Waals surface area (Å²) in [6.07, 6.45) is 1.02. The molecule has 0 aromatic heterocycles. The fourth-order valence-corrected chi connectivity index (χ4v) is 3.51. The van der Waals surface area contributed by atoms with Gasteiger partial charge in [-0.3, -0.25) is 9.69 Å². The van der Waals surface area contributed by atoms with Crippen molar-refractivity contribution < 1.29 is 4.79 Å². The van der Waals surface area contributed by atoms with Crippen molar-refractivity contribution in [2.45, 2.75) is 39.3 Å². The second-order valence-corrected chi connectivity index (χ2v) is 6.21. The second-order valence-electron chi connectivity index (χ2n) is 6.21. The van der Waals surface area contributed by atoms with Crippen molar-refractivity contribution in [1.82, 2.24) is 9.80 Å². The van der Waals surface area contributed by atoms with Crippen molar-refractivity contribution in [2.75, 3.05) is 26.2 Å². The van der Waals surface area contributed by atoms with E-state index < -0.39 is 0 Å². The van der Waals surface area contributed by atoms with Gasteiger partial charge in [-0.05, 0) is 44.5 Å². The summed E-state index contributed by atoms with van der Waals surface area (Å²) < 4.78 is 0. The van der Waals surface area contributed by atoms with Crippen LogP contribution in [0.3, 0.4) is 0 Å². The molecule has 2 N–H and O–H groups in total. The molecule has 0 radical (unpaired) electrons. The maximum atomic E-state index is 13.2. The largest absolute Gasteiger partial charge is 0.338 e. The van der Waals surface area contributed by atoms with Gasteiger partial charge in [0.25, 0.3) is 0 Å². The average molecular weight is 303 g/mol. The van der Waals surface area contributed by atoms with Gasteiger partial charge in [0.2, 0.25) is 5.91 Å². The van der Waals surface area contributed by atoms with Gasteiger partial charge in [0.15, 0.2) is 0 Å². The second kappa shape index (κ2) is 7.75. The monoisotopic (exact) mass is 303 g/mol. The van der Waals surface area contributed by atoms with Crippen LogP contribution >= 0.6 is 0 Å². The van der Waals surface area contributed by atoms with Crippen LogP contribution < -0.4 is 5.73 Å². The normalized spacial score (nSPS) is 23.0. The highest BCUT2D eigenvalue weighted by Crippen LogP contribution is 2.29. The molecule has 0 aliphatic carbocycles. The van der Waals surface area contributed by atoms with E-state index in [2.05, 4.69) is 37.8 Å². The Morgan fingerprint density at radius 1 is 1.32 bits per heavy atom. The van der Waals surface area contributed by atoms with E-state index in [1.807, 2.05) is 23.1 Å². The van der Waals surface area contributed by atoms with Crippen molar-refractivity contribution in [3.8, 4) is 0 Å². The summed E-state index contributed by atoms with van der Waals surface area (Å²) in [4.78, 5) is 17.5. The Morgan fingerprint density at radius 3 is 2.45 bits per heavy atom. The number of amides is 1. The molecule has 1 aromatic carbocycles. The zero-order chi connectivity index (χ0) is 16.1. The average Bonchev–Trinajstić information content (AvgIpc) is 2.93. The first-order chi connectivity index (χ1) is 10.6. The highest BCUT2D eigenvalue weighted by molar-refractivity contribution is 5.84. The standard InChI is InChI=1S/C18H29N3O/c1-4-20(5-2)17(16-9-7-6-8-10-16)18(22)21-13-15(12-19)11-14(21)3/h6-10,14-15,17H,4-5,11-13,19H2,1-3H3. The van der Waals surface area contributed by atoms with Gasteiger partial charge in [0.1, 0.15) is 6.04 Å². The summed E-state index contributed by atoms with van der Waals surface area (Å²) in [6.45, 7) is 9.55. The van der Waals surface area contributed by atoms with Crippen LogP contribution in [0.25, 0.3) is 0 Å². The summed E-state index contributed by atoms with van der Waals surface area (Å²) in [5.74, 6) is 0.658. The predicted octanol–water partition coefficient (Wildman–Crippen LogP) is 2.27. The van der Waals surface area contributed by atoms with Gasteiger partial charge in [0.05, 0.1) is 0 Å². The van der Waals surface area contributed by atoms with Crippen LogP contribution in [0, 0.1) is 5.92 Å². The molecule has 1 aliphatic heterocycles. The van der Waals surface area contributed by atoms with E-state index in [1.165, 1.54) is 0 Å². The first-order valence-electron chi connectivity index (χ1n) is 8.41. The lowest BCUT2D eigenvalue weighted by atomic mass is 10.0. The third-order valence-electron chi connectivity index (χ3n) is 4.80. The molecule has 2 rings (SSSR count). The molecule has 1 heterocycles. The topological polar surface area (TPSA) is 49.6 Å². The molecule has 3 atom stereocenters. The zero-order valence-electron chi connectivity index (χ0n) is 14.0. The van der Waals surface area contributed by atoms with Crippen molar-refractivity contribution in [2.24, 2.45) is 11.7 Å². The quantitative estimate of drug-likeness (QED) is 0.877. The van der Waals surface area contributed by atoms with Crippen LogP contribution in [0.5, 0.6) is 0 Å². The number of carbonyl (C=O) groups is 1. The van der Waals surface area contributed by atoms with Crippen molar-refractivity contribution in [3.63, 3.8) is 0 Å². The number of hydrogen-bond acceptors (Lipinski definition) is 3. The van der Waals surface area contributed by atoms with Crippen LogP contribution in [0.1, 0.15) is 38.8 Å². The number of rotatable bonds is 6. The molecule has 1 aromatic rings. The van der Waals surface area contributed by atoms with Gasteiger partial charge in [-0.15, -0.1) is 0 Å². The fraction of sp³-hybridized carbons (Fsp3) is 0.611. The molecule has 4 nitrogen and oxygen atoms in total. The molecule has 3 unspecified atom stereocenters. The Hall–Kier alpha value is -1.39.